The first-order chi connectivity index (χ1) is 4.24. The highest BCUT2D eigenvalue weighted by Gasteiger charge is 2.21. The number of hydrogen-bond donors (Lipinski definition) is 1. The van der Waals surface area contributed by atoms with Gasteiger partial charge in [-0.3, -0.25) is 0 Å². The molecule has 0 fully saturated rings. The van der Waals surface area contributed by atoms with Crippen LogP contribution < -0.4 is 0 Å². The van der Waals surface area contributed by atoms with E-state index in [1.807, 2.05) is 6.08 Å². The highest BCUT2D eigenvalue weighted by Crippen LogP contribution is 2.30. The second-order valence-corrected chi connectivity index (χ2v) is 2.91. The van der Waals surface area contributed by atoms with Crippen molar-refractivity contribution >= 4 is 0 Å². The largest absolute Gasteiger partial charge is 0.513 e. The lowest BCUT2D eigenvalue weighted by Gasteiger charge is -2.09. The van der Waals surface area contributed by atoms with Gasteiger partial charge in [-0.15, -0.1) is 0 Å². The molecule has 52 valence electrons. The van der Waals surface area contributed by atoms with Crippen LogP contribution in [0.3, 0.4) is 0 Å². The van der Waals surface area contributed by atoms with Crippen LogP contribution in [0.2, 0.25) is 0 Å². The van der Waals surface area contributed by atoms with E-state index in [4.69, 9.17) is 5.11 Å². The van der Waals surface area contributed by atoms with Gasteiger partial charge in [-0.05, 0) is 24.3 Å². The molecular formula is C8H14O. The van der Waals surface area contributed by atoms with Crippen LogP contribution in [0.5, 0.6) is 0 Å². The lowest BCUT2D eigenvalue weighted by Crippen LogP contribution is -2.00. The van der Waals surface area contributed by atoms with Crippen molar-refractivity contribution in [3.8, 4) is 0 Å². The molecule has 1 heteroatoms. The molecule has 2 unspecified atom stereocenters. The molecule has 0 amide bonds. The van der Waals surface area contributed by atoms with Crippen molar-refractivity contribution in [1.29, 1.82) is 0 Å². The van der Waals surface area contributed by atoms with Gasteiger partial charge in [-0.1, -0.05) is 13.8 Å². The first-order valence-electron chi connectivity index (χ1n) is 3.63. The Kier molecular flexibility index (Phi) is 1.79. The third-order valence-electron chi connectivity index (χ3n) is 2.14. The number of aliphatic hydroxyl groups is 1. The van der Waals surface area contributed by atoms with E-state index >= 15 is 0 Å². The Hall–Kier alpha value is -0.460. The van der Waals surface area contributed by atoms with Crippen molar-refractivity contribution in [1.82, 2.24) is 0 Å². The van der Waals surface area contributed by atoms with E-state index in [2.05, 4.69) is 13.8 Å². The van der Waals surface area contributed by atoms with Crippen molar-refractivity contribution in [2.75, 3.05) is 0 Å². The van der Waals surface area contributed by atoms with E-state index in [1.54, 1.807) is 0 Å². The molecule has 2 atom stereocenters. The van der Waals surface area contributed by atoms with Crippen molar-refractivity contribution in [2.24, 2.45) is 11.8 Å². The molecule has 0 saturated heterocycles. The predicted molar refractivity (Wildman–Crippen MR) is 38.3 cm³/mol. The van der Waals surface area contributed by atoms with Crippen LogP contribution in [0, 0.1) is 11.8 Å². The predicted octanol–water partition coefficient (Wildman–Crippen LogP) is 2.49. The molecular weight excluding hydrogens is 112 g/mol. The Morgan fingerprint density at radius 1 is 1.78 bits per heavy atom. The van der Waals surface area contributed by atoms with Gasteiger partial charge in [0.15, 0.2) is 0 Å². The summed E-state index contributed by atoms with van der Waals surface area (Å²) in [6.07, 6.45) is 4.04. The smallest absolute Gasteiger partial charge is 0.0888 e. The summed E-state index contributed by atoms with van der Waals surface area (Å²) in [5.41, 5.74) is 0. The van der Waals surface area contributed by atoms with Gasteiger partial charge >= 0.3 is 0 Å². The summed E-state index contributed by atoms with van der Waals surface area (Å²) in [6, 6.07) is 0. The van der Waals surface area contributed by atoms with Gasteiger partial charge in [0.2, 0.25) is 0 Å². The minimum absolute atomic E-state index is 0.592. The van der Waals surface area contributed by atoms with E-state index in [0.29, 0.717) is 17.6 Å². The molecule has 0 heterocycles. The Balaban J connectivity index is 2.53. The van der Waals surface area contributed by atoms with Crippen LogP contribution in [0.25, 0.3) is 0 Å². The molecule has 0 radical (unpaired) electrons. The lowest BCUT2D eigenvalue weighted by molar-refractivity contribution is 0.368. The summed E-state index contributed by atoms with van der Waals surface area (Å²) in [7, 11) is 0. The maximum atomic E-state index is 9.06. The SMILES string of the molecule is CCC1C=C(O)CC1C. The van der Waals surface area contributed by atoms with Gasteiger partial charge in [0, 0.05) is 6.42 Å². The average Bonchev–Trinajstić information content (AvgIpc) is 2.10. The highest BCUT2D eigenvalue weighted by atomic mass is 16.3. The highest BCUT2D eigenvalue weighted by molar-refractivity contribution is 5.05. The summed E-state index contributed by atoms with van der Waals surface area (Å²) < 4.78 is 0. The lowest BCUT2D eigenvalue weighted by atomic mass is 9.96. The van der Waals surface area contributed by atoms with Crippen LogP contribution >= 0.6 is 0 Å². The monoisotopic (exact) mass is 126 g/mol. The van der Waals surface area contributed by atoms with Gasteiger partial charge in [0.05, 0.1) is 5.76 Å². The van der Waals surface area contributed by atoms with Crippen LogP contribution in [-0.4, -0.2) is 5.11 Å². The maximum absolute atomic E-state index is 9.06. The number of aliphatic hydroxyl groups excluding tert-OH is 1. The van der Waals surface area contributed by atoms with Crippen molar-refractivity contribution < 1.29 is 5.11 Å². The number of rotatable bonds is 1. The first kappa shape index (κ1) is 6.66. The topological polar surface area (TPSA) is 20.2 Å². The minimum Gasteiger partial charge on any atom is -0.513 e. The van der Waals surface area contributed by atoms with Crippen molar-refractivity contribution in [2.45, 2.75) is 26.7 Å². The van der Waals surface area contributed by atoms with Gasteiger partial charge in [-0.25, -0.2) is 0 Å². The minimum atomic E-state index is 0.592. The quantitative estimate of drug-likeness (QED) is 0.572. The molecule has 0 spiro atoms. The number of hydrogen-bond acceptors (Lipinski definition) is 1. The van der Waals surface area contributed by atoms with Crippen LogP contribution in [0.15, 0.2) is 11.8 Å². The van der Waals surface area contributed by atoms with Crippen LogP contribution in [0.1, 0.15) is 26.7 Å². The maximum Gasteiger partial charge on any atom is 0.0888 e. The van der Waals surface area contributed by atoms with Crippen LogP contribution in [0.4, 0.5) is 0 Å². The standard InChI is InChI=1S/C8H14O/c1-3-7-5-8(9)4-6(7)2/h5-7,9H,3-4H2,1-2H3. The van der Waals surface area contributed by atoms with Gasteiger partial charge < -0.3 is 5.11 Å². The number of allylic oxidation sites excluding steroid dienone is 2. The van der Waals surface area contributed by atoms with E-state index < -0.39 is 0 Å². The van der Waals surface area contributed by atoms with Crippen LogP contribution in [-0.2, 0) is 0 Å². The summed E-state index contributed by atoms with van der Waals surface area (Å²) in [4.78, 5) is 0. The fourth-order valence-corrected chi connectivity index (χ4v) is 1.48. The fraction of sp³-hybridized carbons (Fsp3) is 0.750. The van der Waals surface area contributed by atoms with E-state index in [0.717, 1.165) is 12.8 Å². The molecule has 1 rings (SSSR count). The van der Waals surface area contributed by atoms with E-state index in [1.165, 1.54) is 0 Å². The molecule has 0 saturated carbocycles. The molecule has 1 N–H and O–H groups in total. The first-order valence-corrected chi connectivity index (χ1v) is 3.63. The second kappa shape index (κ2) is 2.42. The fourth-order valence-electron chi connectivity index (χ4n) is 1.48. The zero-order valence-corrected chi connectivity index (χ0v) is 6.09. The molecule has 0 aromatic rings. The molecule has 0 aromatic heterocycles. The Morgan fingerprint density at radius 3 is 2.67 bits per heavy atom. The van der Waals surface area contributed by atoms with E-state index in [-0.39, 0.29) is 0 Å². The molecule has 0 bridgehead atoms. The van der Waals surface area contributed by atoms with Gasteiger partial charge in [-0.2, -0.15) is 0 Å². The van der Waals surface area contributed by atoms with Gasteiger partial charge in [0.1, 0.15) is 0 Å². The normalized spacial score (nSPS) is 34.7. The second-order valence-electron chi connectivity index (χ2n) is 2.91. The molecule has 1 nitrogen and oxygen atoms in total. The van der Waals surface area contributed by atoms with Crippen molar-refractivity contribution in [3.63, 3.8) is 0 Å². The molecule has 0 aromatic carbocycles. The zero-order valence-electron chi connectivity index (χ0n) is 6.09. The summed E-state index contributed by atoms with van der Waals surface area (Å²) in [5, 5.41) is 9.06. The van der Waals surface area contributed by atoms with Gasteiger partial charge in [0.25, 0.3) is 0 Å². The summed E-state index contributed by atoms with van der Waals surface area (Å²) >= 11 is 0. The Bertz CT molecular complexity index is 127. The molecule has 9 heavy (non-hydrogen) atoms. The molecule has 1 aliphatic carbocycles. The zero-order chi connectivity index (χ0) is 6.85. The van der Waals surface area contributed by atoms with E-state index in [9.17, 15) is 0 Å². The third-order valence-corrected chi connectivity index (χ3v) is 2.14. The molecule has 1 aliphatic rings. The van der Waals surface area contributed by atoms with Crippen molar-refractivity contribution in [3.05, 3.63) is 11.8 Å². The summed E-state index contributed by atoms with van der Waals surface area (Å²) in [6.45, 7) is 4.35. The third kappa shape index (κ3) is 1.26. The average molecular weight is 126 g/mol. The Labute approximate surface area is 56.4 Å². The molecule has 0 aliphatic heterocycles. The Morgan fingerprint density at radius 2 is 2.44 bits per heavy atom. The summed E-state index contributed by atoms with van der Waals surface area (Å²) in [5.74, 6) is 1.88.